The number of likely N-dealkylation sites (N-methyl/N-ethyl adjacent to an activating group) is 1. The molecule has 0 aromatic heterocycles. The van der Waals surface area contributed by atoms with Gasteiger partial charge in [-0.3, -0.25) is 4.79 Å². The normalized spacial score (nSPS) is 25.4. The van der Waals surface area contributed by atoms with Crippen LogP contribution in [0.5, 0.6) is 0 Å². The summed E-state index contributed by atoms with van der Waals surface area (Å²) in [5.41, 5.74) is 0. The first-order valence-electron chi connectivity index (χ1n) is 6.34. The molecule has 0 atom stereocenters. The number of amides is 1. The van der Waals surface area contributed by atoms with Gasteiger partial charge in [-0.25, -0.2) is 0 Å². The van der Waals surface area contributed by atoms with E-state index in [2.05, 4.69) is 16.0 Å². The lowest BCUT2D eigenvalue weighted by Gasteiger charge is -2.27. The van der Waals surface area contributed by atoms with Gasteiger partial charge in [-0.05, 0) is 52.2 Å². The lowest BCUT2D eigenvalue weighted by atomic mass is 9.81. The average molecular weight is 233 g/mol. The summed E-state index contributed by atoms with van der Waals surface area (Å²) in [6.45, 7) is 2.68. The van der Waals surface area contributed by atoms with Crippen LogP contribution in [0.15, 0.2) is 0 Å². The number of carbonyl (C=O) groups excluding carboxylic acids is 1. The molecule has 1 saturated carbocycles. The Hall–Kier alpha value is -0.610. The Labute approximate surface area is 103 Å². The van der Waals surface area contributed by atoms with Crippen LogP contribution in [-0.2, 0) is 4.79 Å². The number of hydrogen-bond acceptors (Lipinski definition) is 3. The molecule has 1 fully saturated rings. The van der Waals surface area contributed by atoms with Gasteiger partial charge in [0.25, 0.3) is 0 Å². The minimum Gasteiger partial charge on any atom is -0.355 e. The Balaban J connectivity index is -0.000000853. The van der Waals surface area contributed by atoms with Crippen LogP contribution in [0.25, 0.3) is 0 Å². The van der Waals surface area contributed by atoms with Crippen LogP contribution in [-0.4, -0.2) is 39.6 Å². The maximum atomic E-state index is 11.8. The second-order valence-electron chi connectivity index (χ2n) is 4.67. The van der Waals surface area contributed by atoms with Gasteiger partial charge >= 0.3 is 0 Å². The monoisotopic (exact) mass is 233 g/mol. The quantitative estimate of drug-likeness (QED) is 0.602. The third-order valence-corrected chi connectivity index (χ3v) is 3.38. The molecule has 1 amide bonds. The predicted octanol–water partition coefficient (Wildman–Crippen LogP) is 1.09. The molecule has 100 valence electrons. The molecule has 1 rings (SSSR count). The summed E-state index contributed by atoms with van der Waals surface area (Å²) in [6.07, 6.45) is 4.48. The van der Waals surface area contributed by atoms with E-state index < -0.39 is 0 Å². The molecule has 16 heavy (non-hydrogen) atoms. The highest BCUT2D eigenvalue weighted by atomic mass is 16.1. The summed E-state index contributed by atoms with van der Waals surface area (Å²) in [5.74, 6) is 1.27. The Bertz CT molecular complexity index is 212. The molecule has 4 heteroatoms. The van der Waals surface area contributed by atoms with Gasteiger partial charge in [-0.2, -0.15) is 0 Å². The molecule has 0 bridgehead atoms. The fraction of sp³-hybridized carbons (Fsp3) is 0.917. The topological polar surface area (TPSA) is 53.2 Å². The molecule has 0 aromatic rings. The summed E-state index contributed by atoms with van der Waals surface area (Å²) >= 11 is 0. The molecule has 3 N–H and O–H groups in total. The van der Waals surface area contributed by atoms with Crippen molar-refractivity contribution in [1.29, 1.82) is 0 Å². The van der Waals surface area contributed by atoms with Crippen molar-refractivity contribution >= 4 is 5.91 Å². The molecule has 0 radical (unpaired) electrons. The standard InChI is InChI=1S/C12H25N3O.3H2/c1-13-7-8-15-12(16)11-5-3-10(4-6-11)9-14-2;;;/h10-11,13-14H,3-9H2,1-2H3,(H,15,16);3*1H. The van der Waals surface area contributed by atoms with Crippen molar-refractivity contribution in [3.05, 3.63) is 0 Å². The molecule has 0 aliphatic heterocycles. The highest BCUT2D eigenvalue weighted by Gasteiger charge is 2.25. The molecule has 4 nitrogen and oxygen atoms in total. The van der Waals surface area contributed by atoms with Crippen molar-refractivity contribution in [2.45, 2.75) is 25.7 Å². The van der Waals surface area contributed by atoms with Crippen molar-refractivity contribution in [3.63, 3.8) is 0 Å². The second-order valence-corrected chi connectivity index (χ2v) is 4.67. The number of carbonyl (C=O) groups is 1. The van der Waals surface area contributed by atoms with Crippen LogP contribution in [0.1, 0.15) is 30.0 Å². The van der Waals surface area contributed by atoms with Crippen molar-refractivity contribution in [2.75, 3.05) is 33.7 Å². The minimum absolute atomic E-state index is 0. The number of rotatable bonds is 6. The van der Waals surface area contributed by atoms with Gasteiger partial charge in [0, 0.05) is 23.3 Å². The van der Waals surface area contributed by atoms with E-state index in [9.17, 15) is 4.79 Å². The largest absolute Gasteiger partial charge is 0.355 e. The number of hydrogen-bond donors (Lipinski definition) is 3. The van der Waals surface area contributed by atoms with Crippen LogP contribution in [0.2, 0.25) is 0 Å². The fourth-order valence-electron chi connectivity index (χ4n) is 2.37. The molecular weight excluding hydrogens is 202 g/mol. The Morgan fingerprint density at radius 1 is 1.12 bits per heavy atom. The van der Waals surface area contributed by atoms with E-state index in [0.717, 1.165) is 38.4 Å². The van der Waals surface area contributed by atoms with Crippen LogP contribution in [0.3, 0.4) is 0 Å². The summed E-state index contributed by atoms with van der Waals surface area (Å²) in [7, 11) is 3.89. The van der Waals surface area contributed by atoms with Gasteiger partial charge < -0.3 is 16.0 Å². The first-order valence-corrected chi connectivity index (χ1v) is 6.34. The van der Waals surface area contributed by atoms with Crippen LogP contribution >= 0.6 is 0 Å². The third kappa shape index (κ3) is 4.49. The molecule has 0 saturated heterocycles. The highest BCUT2D eigenvalue weighted by Crippen LogP contribution is 2.28. The molecule has 1 aliphatic rings. The first-order chi connectivity index (χ1) is 7.77. The average Bonchev–Trinajstić information content (AvgIpc) is 2.30. The Morgan fingerprint density at radius 3 is 2.38 bits per heavy atom. The Kier molecular flexibility index (Phi) is 6.42. The van der Waals surface area contributed by atoms with E-state index in [1.165, 1.54) is 12.8 Å². The predicted molar refractivity (Wildman–Crippen MR) is 72.7 cm³/mol. The van der Waals surface area contributed by atoms with E-state index in [-0.39, 0.29) is 16.1 Å². The lowest BCUT2D eigenvalue weighted by Crippen LogP contribution is -2.37. The maximum Gasteiger partial charge on any atom is 0.223 e. The summed E-state index contributed by atoms with van der Waals surface area (Å²) in [5, 5.41) is 9.22. The zero-order chi connectivity index (χ0) is 11.8. The van der Waals surface area contributed by atoms with Gasteiger partial charge in [0.05, 0.1) is 0 Å². The molecule has 0 unspecified atom stereocenters. The second kappa shape index (κ2) is 7.63. The highest BCUT2D eigenvalue weighted by molar-refractivity contribution is 5.78. The van der Waals surface area contributed by atoms with E-state index in [1.54, 1.807) is 0 Å². The van der Waals surface area contributed by atoms with Crippen molar-refractivity contribution in [2.24, 2.45) is 11.8 Å². The fourth-order valence-corrected chi connectivity index (χ4v) is 2.37. The third-order valence-electron chi connectivity index (χ3n) is 3.38. The number of nitrogens with one attached hydrogen (secondary N) is 3. The smallest absolute Gasteiger partial charge is 0.223 e. The molecule has 0 aromatic carbocycles. The summed E-state index contributed by atoms with van der Waals surface area (Å²) in [4.78, 5) is 11.8. The van der Waals surface area contributed by atoms with Gasteiger partial charge in [0.2, 0.25) is 5.91 Å². The van der Waals surface area contributed by atoms with Crippen molar-refractivity contribution < 1.29 is 9.07 Å². The van der Waals surface area contributed by atoms with Crippen molar-refractivity contribution in [1.82, 2.24) is 16.0 Å². The van der Waals surface area contributed by atoms with Gasteiger partial charge in [-0.15, -0.1) is 0 Å². The maximum absolute atomic E-state index is 11.8. The lowest BCUT2D eigenvalue weighted by molar-refractivity contribution is -0.126. The molecular formula is C12H31N3O. The minimum atomic E-state index is 0. The van der Waals surface area contributed by atoms with Crippen molar-refractivity contribution in [3.8, 4) is 0 Å². The first kappa shape index (κ1) is 13.5. The van der Waals surface area contributed by atoms with Crippen LogP contribution in [0.4, 0.5) is 0 Å². The van der Waals surface area contributed by atoms with Gasteiger partial charge in [-0.1, -0.05) is 0 Å². The Morgan fingerprint density at radius 2 is 1.81 bits per heavy atom. The van der Waals surface area contributed by atoms with Crippen LogP contribution in [0, 0.1) is 11.8 Å². The van der Waals surface area contributed by atoms with E-state index in [1.807, 2.05) is 14.1 Å². The SMILES string of the molecule is CNCCNC(=O)C1CCC(CNC)CC1.[HH].[HH].[HH]. The zero-order valence-corrected chi connectivity index (χ0v) is 10.5. The van der Waals surface area contributed by atoms with E-state index in [0.29, 0.717) is 0 Å². The molecule has 0 heterocycles. The molecule has 1 aliphatic carbocycles. The van der Waals surface area contributed by atoms with E-state index >= 15 is 0 Å². The molecule has 0 spiro atoms. The summed E-state index contributed by atoms with van der Waals surface area (Å²) < 4.78 is 0. The van der Waals surface area contributed by atoms with Gasteiger partial charge in [0.15, 0.2) is 0 Å². The summed E-state index contributed by atoms with van der Waals surface area (Å²) in [6, 6.07) is 0. The zero-order valence-electron chi connectivity index (χ0n) is 10.5. The van der Waals surface area contributed by atoms with E-state index in [4.69, 9.17) is 0 Å². The van der Waals surface area contributed by atoms with Crippen LogP contribution < -0.4 is 16.0 Å². The van der Waals surface area contributed by atoms with Gasteiger partial charge in [0.1, 0.15) is 0 Å².